The molecule has 0 radical (unpaired) electrons. The van der Waals surface area contributed by atoms with Crippen molar-refractivity contribution in [3.63, 3.8) is 0 Å². The third kappa shape index (κ3) is 8.02. The third-order valence-electron chi connectivity index (χ3n) is 7.46. The fourth-order valence-electron chi connectivity index (χ4n) is 5.09. The van der Waals surface area contributed by atoms with Crippen molar-refractivity contribution in [3.05, 3.63) is 69.5 Å². The number of piperazine rings is 1. The van der Waals surface area contributed by atoms with Gasteiger partial charge in [0.2, 0.25) is 15.9 Å². The summed E-state index contributed by atoms with van der Waals surface area (Å²) < 4.78 is 38.2. The minimum absolute atomic E-state index is 0.0818. The molecule has 0 spiro atoms. The van der Waals surface area contributed by atoms with Gasteiger partial charge in [-0.1, -0.05) is 35.3 Å². The molecule has 216 valence electrons. The van der Waals surface area contributed by atoms with Crippen LogP contribution in [-0.4, -0.2) is 73.7 Å². The summed E-state index contributed by atoms with van der Waals surface area (Å²) in [5.41, 5.74) is 1.27. The fraction of sp³-hybridized carbons (Fsp3) is 0.464. The first-order chi connectivity index (χ1) is 18.9. The highest BCUT2D eigenvalue weighted by atomic mass is 35.5. The molecule has 0 bridgehead atoms. The molecule has 3 atom stereocenters. The van der Waals surface area contributed by atoms with Crippen LogP contribution >= 0.6 is 23.2 Å². The average molecular weight is 613 g/mol. The van der Waals surface area contributed by atoms with Gasteiger partial charge in [0.15, 0.2) is 0 Å². The van der Waals surface area contributed by atoms with Crippen molar-refractivity contribution in [2.24, 2.45) is 5.92 Å². The predicted molar refractivity (Wildman–Crippen MR) is 151 cm³/mol. The Hall–Kier alpha value is -2.53. The number of hydrogen-bond acceptors (Lipinski definition) is 5. The van der Waals surface area contributed by atoms with Crippen molar-refractivity contribution in [2.45, 2.75) is 44.1 Å². The van der Waals surface area contributed by atoms with Crippen LogP contribution < -0.4 is 5.32 Å². The van der Waals surface area contributed by atoms with Gasteiger partial charge < -0.3 is 10.2 Å². The number of nitrogens with zero attached hydrogens (tertiary/aromatic N) is 2. The van der Waals surface area contributed by atoms with E-state index in [0.29, 0.717) is 17.9 Å². The van der Waals surface area contributed by atoms with Crippen molar-refractivity contribution in [1.82, 2.24) is 14.5 Å². The zero-order valence-electron chi connectivity index (χ0n) is 22.1. The molecule has 1 aliphatic carbocycles. The summed E-state index contributed by atoms with van der Waals surface area (Å²) in [6.07, 6.45) is 3.34. The van der Waals surface area contributed by atoms with E-state index in [-0.39, 0.29) is 79.0 Å². The zero-order chi connectivity index (χ0) is 29.0. The van der Waals surface area contributed by atoms with E-state index in [4.69, 9.17) is 23.2 Å². The van der Waals surface area contributed by atoms with Gasteiger partial charge in [-0.2, -0.15) is 4.31 Å². The number of carbonyl (C=O) groups excluding carboxylic acids is 3. The van der Waals surface area contributed by atoms with E-state index >= 15 is 0 Å². The highest BCUT2D eigenvalue weighted by molar-refractivity contribution is 7.88. The maximum absolute atomic E-state index is 13.4. The number of ketones is 1. The normalized spacial score (nSPS) is 20.1. The maximum Gasteiger partial charge on any atom is 0.251 e. The molecule has 2 aliphatic rings. The Labute approximate surface area is 243 Å². The van der Waals surface area contributed by atoms with Gasteiger partial charge in [0.25, 0.3) is 5.91 Å². The molecule has 2 aromatic carbocycles. The number of halogens is 3. The predicted octanol–water partition coefficient (Wildman–Crippen LogP) is 4.27. The van der Waals surface area contributed by atoms with Crippen molar-refractivity contribution >= 4 is 50.8 Å². The molecular formula is C28H32Cl2FN3O5S. The van der Waals surface area contributed by atoms with Crippen LogP contribution in [0.3, 0.4) is 0 Å². The van der Waals surface area contributed by atoms with Gasteiger partial charge in [-0.05, 0) is 67.0 Å². The van der Waals surface area contributed by atoms with Crippen LogP contribution in [0.1, 0.15) is 53.9 Å². The van der Waals surface area contributed by atoms with Crippen molar-refractivity contribution in [3.8, 4) is 0 Å². The number of carbonyl (C=O) groups is 3. The Bertz CT molecular complexity index is 1360. The first kappa shape index (κ1) is 30.4. The Morgan fingerprint density at radius 3 is 2.33 bits per heavy atom. The Morgan fingerprint density at radius 2 is 1.70 bits per heavy atom. The monoisotopic (exact) mass is 611 g/mol. The lowest BCUT2D eigenvalue weighted by Crippen LogP contribution is -2.55. The van der Waals surface area contributed by atoms with Crippen LogP contribution in [0.5, 0.6) is 0 Å². The molecule has 1 heterocycles. The Morgan fingerprint density at radius 1 is 1.02 bits per heavy atom. The summed E-state index contributed by atoms with van der Waals surface area (Å²) in [5, 5.41) is 3.28. The number of rotatable bonds is 11. The lowest BCUT2D eigenvalue weighted by molar-refractivity contribution is -0.134. The summed E-state index contributed by atoms with van der Waals surface area (Å²) >= 11 is 12.0. The highest BCUT2D eigenvalue weighted by Gasteiger charge is 2.39. The second-order valence-electron chi connectivity index (χ2n) is 10.4. The minimum atomic E-state index is -3.36. The van der Waals surface area contributed by atoms with E-state index in [1.165, 1.54) is 34.6 Å². The van der Waals surface area contributed by atoms with Crippen molar-refractivity contribution < 1.29 is 27.2 Å². The molecule has 8 nitrogen and oxygen atoms in total. The maximum atomic E-state index is 13.4. The van der Waals surface area contributed by atoms with Gasteiger partial charge in [-0.15, -0.1) is 0 Å². The van der Waals surface area contributed by atoms with E-state index in [9.17, 15) is 27.2 Å². The van der Waals surface area contributed by atoms with E-state index in [1.54, 1.807) is 17.0 Å². The molecule has 0 unspecified atom stereocenters. The first-order valence-corrected chi connectivity index (χ1v) is 15.8. The van der Waals surface area contributed by atoms with Crippen molar-refractivity contribution in [1.29, 1.82) is 0 Å². The molecule has 2 aromatic rings. The van der Waals surface area contributed by atoms with Gasteiger partial charge in [0.1, 0.15) is 17.6 Å². The lowest BCUT2D eigenvalue weighted by Gasteiger charge is -2.35. The standard InChI is InChI=1S/C28H32Cl2FN3O5S/c1-40(38,39)34-13-11-33(12-14-34)28(37)26(32-27(36)19-7-10-24(29)25(30)17-19)4-2-3-22(35)15-20-16-23(20)18-5-8-21(31)9-6-18/h5-10,17,20,23,26H,2-4,11-16H2,1H3,(H,32,36)/t20-,23+,26+/m1/s1. The molecule has 12 heteroatoms. The number of benzene rings is 2. The van der Waals surface area contributed by atoms with E-state index in [0.717, 1.165) is 18.2 Å². The lowest BCUT2D eigenvalue weighted by atomic mass is 10.0. The summed E-state index contributed by atoms with van der Waals surface area (Å²) in [6, 6.07) is 9.89. The molecule has 0 aromatic heterocycles. The quantitative estimate of drug-likeness (QED) is 0.409. The molecule has 2 amide bonds. The molecule has 40 heavy (non-hydrogen) atoms. The van der Waals surface area contributed by atoms with E-state index < -0.39 is 22.0 Å². The average Bonchev–Trinajstić information content (AvgIpc) is 3.67. The molecule has 1 aliphatic heterocycles. The number of nitrogens with one attached hydrogen (secondary N) is 1. The third-order valence-corrected chi connectivity index (χ3v) is 9.51. The molecule has 1 N–H and O–H groups in total. The number of Topliss-reactive ketones (excluding diaryl/α,β-unsaturated/α-hetero) is 1. The summed E-state index contributed by atoms with van der Waals surface area (Å²) in [6.45, 7) is 0.757. The summed E-state index contributed by atoms with van der Waals surface area (Å²) in [5.74, 6) is -0.542. The number of hydrogen-bond donors (Lipinski definition) is 1. The van der Waals surface area contributed by atoms with E-state index in [2.05, 4.69) is 5.32 Å². The van der Waals surface area contributed by atoms with Crippen LogP contribution in [0, 0.1) is 11.7 Å². The fourth-order valence-corrected chi connectivity index (χ4v) is 6.21. The van der Waals surface area contributed by atoms with Crippen LogP contribution in [0.4, 0.5) is 4.39 Å². The van der Waals surface area contributed by atoms with Crippen LogP contribution in [0.2, 0.25) is 10.0 Å². The topological polar surface area (TPSA) is 104 Å². The Kier molecular flexibility index (Phi) is 9.87. The smallest absolute Gasteiger partial charge is 0.251 e. The molecule has 1 saturated carbocycles. The van der Waals surface area contributed by atoms with E-state index in [1.807, 2.05) is 0 Å². The SMILES string of the molecule is CS(=O)(=O)N1CCN(C(=O)[C@H](CCCC(=O)C[C@@H]2C[C@H]2c2ccc(F)cc2)NC(=O)c2ccc(Cl)c(Cl)c2)CC1. The van der Waals surface area contributed by atoms with Gasteiger partial charge in [0, 0.05) is 44.6 Å². The van der Waals surface area contributed by atoms with Crippen LogP contribution in [0.15, 0.2) is 42.5 Å². The number of sulfonamides is 1. The largest absolute Gasteiger partial charge is 0.340 e. The number of amides is 2. The van der Waals surface area contributed by atoms with Gasteiger partial charge in [0.05, 0.1) is 16.3 Å². The Balaban J connectivity index is 1.34. The minimum Gasteiger partial charge on any atom is -0.340 e. The summed E-state index contributed by atoms with van der Waals surface area (Å²) in [4.78, 5) is 40.6. The molecule has 4 rings (SSSR count). The second kappa shape index (κ2) is 13.0. The highest BCUT2D eigenvalue weighted by Crippen LogP contribution is 2.49. The van der Waals surface area contributed by atoms with Crippen molar-refractivity contribution in [2.75, 3.05) is 32.4 Å². The van der Waals surface area contributed by atoms with Crippen LogP contribution in [-0.2, 0) is 19.6 Å². The van der Waals surface area contributed by atoms with Gasteiger partial charge in [-0.3, -0.25) is 14.4 Å². The van der Waals surface area contributed by atoms with Gasteiger partial charge >= 0.3 is 0 Å². The summed E-state index contributed by atoms with van der Waals surface area (Å²) in [7, 11) is -3.36. The first-order valence-electron chi connectivity index (χ1n) is 13.2. The molecule has 2 fully saturated rings. The molecule has 1 saturated heterocycles. The van der Waals surface area contributed by atoms with Gasteiger partial charge in [-0.25, -0.2) is 12.8 Å². The zero-order valence-corrected chi connectivity index (χ0v) is 24.4. The van der Waals surface area contributed by atoms with Crippen LogP contribution in [0.25, 0.3) is 0 Å². The second-order valence-corrected chi connectivity index (χ2v) is 13.2. The molecular weight excluding hydrogens is 580 g/mol.